The van der Waals surface area contributed by atoms with Gasteiger partial charge in [0.2, 0.25) is 11.8 Å². The van der Waals surface area contributed by atoms with Crippen LogP contribution in [0.15, 0.2) is 78.9 Å². The molecule has 4 aromatic carbocycles. The number of halogens is 1. The minimum atomic E-state index is -0.562. The molecule has 0 radical (unpaired) electrons. The van der Waals surface area contributed by atoms with Crippen molar-refractivity contribution in [2.45, 2.75) is 6.42 Å². The lowest BCUT2D eigenvalue weighted by atomic mass is 10.1. The van der Waals surface area contributed by atoms with Crippen molar-refractivity contribution in [2.24, 2.45) is 0 Å². The molecule has 168 valence electrons. The molecule has 34 heavy (non-hydrogen) atoms. The van der Waals surface area contributed by atoms with Crippen LogP contribution in [0.2, 0.25) is 5.02 Å². The second-order valence-electron chi connectivity index (χ2n) is 7.77. The monoisotopic (exact) mass is 471 g/mol. The number of hydrogen-bond acceptors (Lipinski definition) is 4. The van der Waals surface area contributed by atoms with E-state index >= 15 is 0 Å². The SMILES string of the molecule is O=C1CC(=O)N(c2ccc(NC(=O)c3c(O)cccc3Cl)cc2)c2ccc3ccccc3c2N1. The Bertz CT molecular complexity index is 1450. The molecule has 4 aromatic rings. The first-order chi connectivity index (χ1) is 16.4. The van der Waals surface area contributed by atoms with Crippen LogP contribution >= 0.6 is 11.6 Å². The van der Waals surface area contributed by atoms with Gasteiger partial charge in [-0.05, 0) is 47.9 Å². The topological polar surface area (TPSA) is 98.7 Å². The van der Waals surface area contributed by atoms with E-state index in [4.69, 9.17) is 11.6 Å². The maximum atomic E-state index is 13.0. The molecular weight excluding hydrogens is 454 g/mol. The lowest BCUT2D eigenvalue weighted by molar-refractivity contribution is -0.124. The summed E-state index contributed by atoms with van der Waals surface area (Å²) in [7, 11) is 0. The summed E-state index contributed by atoms with van der Waals surface area (Å²) < 4.78 is 0. The van der Waals surface area contributed by atoms with Crippen molar-refractivity contribution in [1.29, 1.82) is 0 Å². The Kier molecular flexibility index (Phi) is 5.39. The van der Waals surface area contributed by atoms with Gasteiger partial charge in [-0.3, -0.25) is 19.3 Å². The number of benzene rings is 4. The molecule has 0 saturated heterocycles. The summed E-state index contributed by atoms with van der Waals surface area (Å²) in [6.07, 6.45) is -0.298. The van der Waals surface area contributed by atoms with E-state index < -0.39 is 5.91 Å². The molecule has 0 spiro atoms. The van der Waals surface area contributed by atoms with Crippen LogP contribution in [0.4, 0.5) is 22.7 Å². The Balaban J connectivity index is 1.49. The number of nitrogens with zero attached hydrogens (tertiary/aromatic N) is 1. The molecule has 0 saturated carbocycles. The normalized spacial score (nSPS) is 13.3. The van der Waals surface area contributed by atoms with E-state index in [1.165, 1.54) is 17.0 Å². The molecule has 5 rings (SSSR count). The number of nitrogens with one attached hydrogen (secondary N) is 2. The lowest BCUT2D eigenvalue weighted by Crippen LogP contribution is -2.26. The molecule has 3 amide bonds. The number of rotatable bonds is 3. The van der Waals surface area contributed by atoms with Gasteiger partial charge >= 0.3 is 0 Å². The molecule has 1 aliphatic rings. The molecule has 3 N–H and O–H groups in total. The number of hydrogen-bond donors (Lipinski definition) is 3. The van der Waals surface area contributed by atoms with Crippen LogP contribution in [0.25, 0.3) is 10.8 Å². The highest BCUT2D eigenvalue weighted by Crippen LogP contribution is 2.40. The molecule has 7 nitrogen and oxygen atoms in total. The summed E-state index contributed by atoms with van der Waals surface area (Å²) in [5.74, 6) is -1.54. The first-order valence-corrected chi connectivity index (χ1v) is 10.8. The van der Waals surface area contributed by atoms with Crippen molar-refractivity contribution in [1.82, 2.24) is 0 Å². The number of carbonyl (C=O) groups excluding carboxylic acids is 3. The molecule has 0 aromatic heterocycles. The van der Waals surface area contributed by atoms with Crippen LogP contribution < -0.4 is 15.5 Å². The fourth-order valence-electron chi connectivity index (χ4n) is 4.02. The highest BCUT2D eigenvalue weighted by molar-refractivity contribution is 6.35. The fourth-order valence-corrected chi connectivity index (χ4v) is 4.28. The fraction of sp³-hybridized carbons (Fsp3) is 0.0385. The second-order valence-corrected chi connectivity index (χ2v) is 8.18. The standard InChI is InChI=1S/C26H18ClN3O4/c27-19-6-3-7-21(31)24(19)26(34)28-16-9-11-17(12-10-16)30-20-13-8-15-4-1-2-5-18(15)25(20)29-22(32)14-23(30)33/h1-13,31H,14H2,(H,28,34)(H,29,32). The molecule has 0 unspecified atom stereocenters. The number of fused-ring (bicyclic) bond motifs is 3. The van der Waals surface area contributed by atoms with Gasteiger partial charge in [0.15, 0.2) is 0 Å². The smallest absolute Gasteiger partial charge is 0.260 e. The van der Waals surface area contributed by atoms with Crippen molar-refractivity contribution >= 4 is 62.8 Å². The van der Waals surface area contributed by atoms with E-state index in [9.17, 15) is 19.5 Å². The van der Waals surface area contributed by atoms with Crippen molar-refractivity contribution in [3.63, 3.8) is 0 Å². The number of amides is 3. The summed E-state index contributed by atoms with van der Waals surface area (Å²) in [6, 6.07) is 22.4. The number of aromatic hydroxyl groups is 1. The zero-order valence-corrected chi connectivity index (χ0v) is 18.5. The zero-order valence-electron chi connectivity index (χ0n) is 17.7. The highest BCUT2D eigenvalue weighted by atomic mass is 35.5. The van der Waals surface area contributed by atoms with Gasteiger partial charge in [-0.25, -0.2) is 0 Å². The van der Waals surface area contributed by atoms with Gasteiger partial charge in [-0.1, -0.05) is 48.0 Å². The number of anilines is 4. The van der Waals surface area contributed by atoms with E-state index in [1.54, 1.807) is 36.4 Å². The van der Waals surface area contributed by atoms with Crippen LogP contribution in [0.5, 0.6) is 5.75 Å². The summed E-state index contributed by atoms with van der Waals surface area (Å²) in [5, 5.41) is 17.4. The zero-order chi connectivity index (χ0) is 23.8. The Morgan fingerprint density at radius 1 is 0.941 bits per heavy atom. The molecule has 0 fully saturated rings. The van der Waals surface area contributed by atoms with Crippen LogP contribution in [0, 0.1) is 0 Å². The molecule has 0 aliphatic carbocycles. The second kappa shape index (κ2) is 8.53. The van der Waals surface area contributed by atoms with Gasteiger partial charge in [-0.2, -0.15) is 0 Å². The van der Waals surface area contributed by atoms with Gasteiger partial charge in [0.05, 0.1) is 16.4 Å². The van der Waals surface area contributed by atoms with Gasteiger partial charge in [-0.15, -0.1) is 0 Å². The van der Waals surface area contributed by atoms with E-state index in [-0.39, 0.29) is 34.6 Å². The summed E-state index contributed by atoms with van der Waals surface area (Å²) >= 11 is 6.05. The Hall–Kier alpha value is -4.36. The third kappa shape index (κ3) is 3.82. The Morgan fingerprint density at radius 2 is 1.71 bits per heavy atom. The van der Waals surface area contributed by atoms with Gasteiger partial charge < -0.3 is 15.7 Å². The van der Waals surface area contributed by atoms with Crippen molar-refractivity contribution in [3.05, 3.63) is 89.4 Å². The third-order valence-electron chi connectivity index (χ3n) is 5.58. The maximum absolute atomic E-state index is 13.0. The molecule has 0 atom stereocenters. The Morgan fingerprint density at radius 3 is 2.47 bits per heavy atom. The molecule has 1 heterocycles. The Labute approximate surface area is 199 Å². The largest absolute Gasteiger partial charge is 0.507 e. The van der Waals surface area contributed by atoms with Gasteiger partial charge in [0.1, 0.15) is 17.7 Å². The van der Waals surface area contributed by atoms with Crippen LogP contribution in [-0.2, 0) is 9.59 Å². The highest BCUT2D eigenvalue weighted by Gasteiger charge is 2.28. The van der Waals surface area contributed by atoms with E-state index in [1.807, 2.05) is 30.3 Å². The lowest BCUT2D eigenvalue weighted by Gasteiger charge is -2.23. The molecule has 8 heteroatoms. The van der Waals surface area contributed by atoms with Crippen molar-refractivity contribution < 1.29 is 19.5 Å². The number of carbonyl (C=O) groups is 3. The van der Waals surface area contributed by atoms with Crippen LogP contribution in [0.3, 0.4) is 0 Å². The van der Waals surface area contributed by atoms with E-state index in [2.05, 4.69) is 10.6 Å². The predicted octanol–water partition coefficient (Wildman–Crippen LogP) is 5.46. The molecular formula is C26H18ClN3O4. The van der Waals surface area contributed by atoms with Gasteiger partial charge in [0.25, 0.3) is 5.91 Å². The van der Waals surface area contributed by atoms with Gasteiger partial charge in [0, 0.05) is 16.8 Å². The van der Waals surface area contributed by atoms with Crippen LogP contribution in [0.1, 0.15) is 16.8 Å². The average molecular weight is 472 g/mol. The van der Waals surface area contributed by atoms with E-state index in [0.717, 1.165) is 10.8 Å². The maximum Gasteiger partial charge on any atom is 0.260 e. The third-order valence-corrected chi connectivity index (χ3v) is 5.89. The number of phenols is 1. The summed E-state index contributed by atoms with van der Waals surface area (Å²) in [5.41, 5.74) is 2.09. The van der Waals surface area contributed by atoms with E-state index in [0.29, 0.717) is 22.7 Å². The molecule has 0 bridgehead atoms. The van der Waals surface area contributed by atoms with Crippen LogP contribution in [-0.4, -0.2) is 22.8 Å². The summed E-state index contributed by atoms with van der Waals surface area (Å²) in [6.45, 7) is 0. The first-order valence-electron chi connectivity index (χ1n) is 10.5. The van der Waals surface area contributed by atoms with Crippen molar-refractivity contribution in [2.75, 3.05) is 15.5 Å². The minimum Gasteiger partial charge on any atom is -0.507 e. The minimum absolute atomic E-state index is 0.0265. The predicted molar refractivity (Wildman–Crippen MR) is 132 cm³/mol. The quantitative estimate of drug-likeness (QED) is 0.345. The number of phenolic OH excluding ortho intramolecular Hbond substituents is 1. The first kappa shape index (κ1) is 21.5. The molecule has 1 aliphatic heterocycles. The summed E-state index contributed by atoms with van der Waals surface area (Å²) in [4.78, 5) is 39.5. The van der Waals surface area contributed by atoms with Crippen molar-refractivity contribution in [3.8, 4) is 5.75 Å². The average Bonchev–Trinajstić information content (AvgIpc) is 2.94.